The second-order valence-electron chi connectivity index (χ2n) is 8.29. The van der Waals surface area contributed by atoms with Crippen molar-refractivity contribution in [2.45, 2.75) is 33.2 Å². The van der Waals surface area contributed by atoms with Gasteiger partial charge in [0.25, 0.3) is 11.8 Å². The number of amides is 2. The van der Waals surface area contributed by atoms with Crippen LogP contribution in [0, 0.1) is 6.92 Å². The van der Waals surface area contributed by atoms with E-state index in [9.17, 15) is 9.59 Å². The summed E-state index contributed by atoms with van der Waals surface area (Å²) in [4.78, 5) is 25.6. The molecule has 0 aliphatic rings. The van der Waals surface area contributed by atoms with Crippen molar-refractivity contribution >= 4 is 33.8 Å². The first-order valence-corrected chi connectivity index (χ1v) is 10.7. The van der Waals surface area contributed by atoms with Gasteiger partial charge in [0.1, 0.15) is 17.2 Å². The Hall–Kier alpha value is -3.12. The van der Waals surface area contributed by atoms with Gasteiger partial charge < -0.3 is 15.1 Å². The van der Waals surface area contributed by atoms with Gasteiger partial charge in [0.2, 0.25) is 0 Å². The molecule has 0 radical (unpaired) electrons. The number of nitrogens with one attached hydrogen (secondary N) is 2. The Kier molecular flexibility index (Phi) is 6.81. The lowest BCUT2D eigenvalue weighted by molar-refractivity contribution is -0.119. The zero-order valence-corrected chi connectivity index (χ0v) is 19.5. The average molecular weight is 481 g/mol. The van der Waals surface area contributed by atoms with Gasteiger partial charge in [-0.05, 0) is 64.1 Å². The second-order valence-corrected chi connectivity index (χ2v) is 9.21. The molecule has 0 saturated heterocycles. The lowest BCUT2D eigenvalue weighted by atomic mass is 10.1. The van der Waals surface area contributed by atoms with E-state index in [4.69, 9.17) is 4.42 Å². The van der Waals surface area contributed by atoms with Crippen LogP contribution in [0.25, 0.3) is 17.4 Å². The summed E-state index contributed by atoms with van der Waals surface area (Å²) in [5.41, 5.74) is 2.07. The van der Waals surface area contributed by atoms with Crippen LogP contribution in [0.4, 0.5) is 0 Å². The highest BCUT2D eigenvalue weighted by molar-refractivity contribution is 9.10. The van der Waals surface area contributed by atoms with Gasteiger partial charge in [0, 0.05) is 27.2 Å². The molecule has 2 amide bonds. The zero-order chi connectivity index (χ0) is 22.6. The maximum Gasteiger partial charge on any atom is 0.268 e. The fourth-order valence-electron chi connectivity index (χ4n) is 2.81. The van der Waals surface area contributed by atoms with E-state index in [1.165, 1.54) is 6.08 Å². The van der Waals surface area contributed by atoms with Gasteiger partial charge in [-0.1, -0.05) is 45.8 Å². The van der Waals surface area contributed by atoms with Crippen LogP contribution < -0.4 is 10.6 Å². The molecule has 2 N–H and O–H groups in total. The summed E-state index contributed by atoms with van der Waals surface area (Å²) in [5.74, 6) is 0.366. The summed E-state index contributed by atoms with van der Waals surface area (Å²) >= 11 is 3.42. The van der Waals surface area contributed by atoms with Crippen molar-refractivity contribution < 1.29 is 14.0 Å². The first-order chi connectivity index (χ1) is 14.6. The van der Waals surface area contributed by atoms with Gasteiger partial charge in [-0.3, -0.25) is 9.59 Å². The molecule has 1 heterocycles. The summed E-state index contributed by atoms with van der Waals surface area (Å²) in [6.07, 6.45) is 1.54. The third kappa shape index (κ3) is 6.43. The number of furan rings is 1. The molecule has 160 valence electrons. The summed E-state index contributed by atoms with van der Waals surface area (Å²) < 4.78 is 6.88. The van der Waals surface area contributed by atoms with Crippen LogP contribution in [0.1, 0.15) is 42.5 Å². The number of rotatable bonds is 5. The maximum absolute atomic E-state index is 12.9. The SMILES string of the molecule is Cc1ccc(C(=O)N/C(=C/c2ccc(-c3ccc(Br)cc3)o2)C(=O)NC(C)(C)C)cc1. The average Bonchev–Trinajstić information content (AvgIpc) is 3.15. The minimum absolute atomic E-state index is 0.109. The first kappa shape index (κ1) is 22.6. The monoisotopic (exact) mass is 480 g/mol. The van der Waals surface area contributed by atoms with E-state index < -0.39 is 11.4 Å². The van der Waals surface area contributed by atoms with Crippen LogP contribution in [0.3, 0.4) is 0 Å². The summed E-state index contributed by atoms with van der Waals surface area (Å²) in [6.45, 7) is 7.58. The molecule has 0 bridgehead atoms. The van der Waals surface area contributed by atoms with Crippen molar-refractivity contribution in [3.63, 3.8) is 0 Å². The Morgan fingerprint density at radius 1 is 0.935 bits per heavy atom. The fraction of sp³-hybridized carbons (Fsp3) is 0.200. The molecule has 0 atom stereocenters. The topological polar surface area (TPSA) is 71.3 Å². The molecule has 0 unspecified atom stereocenters. The van der Waals surface area contributed by atoms with Crippen molar-refractivity contribution in [2.24, 2.45) is 0 Å². The number of aryl methyl sites for hydroxylation is 1. The van der Waals surface area contributed by atoms with Gasteiger partial charge >= 0.3 is 0 Å². The lowest BCUT2D eigenvalue weighted by Crippen LogP contribution is -2.44. The molecule has 0 aliphatic carbocycles. The smallest absolute Gasteiger partial charge is 0.268 e. The molecule has 3 rings (SSSR count). The van der Waals surface area contributed by atoms with Crippen molar-refractivity contribution in [1.29, 1.82) is 0 Å². The van der Waals surface area contributed by atoms with Crippen LogP contribution in [-0.4, -0.2) is 17.4 Å². The molecular weight excluding hydrogens is 456 g/mol. The second kappa shape index (κ2) is 9.35. The number of benzene rings is 2. The Morgan fingerprint density at radius 2 is 1.58 bits per heavy atom. The lowest BCUT2D eigenvalue weighted by Gasteiger charge is -2.21. The molecule has 0 fully saturated rings. The molecule has 0 spiro atoms. The molecule has 3 aromatic rings. The van der Waals surface area contributed by atoms with Gasteiger partial charge in [0.15, 0.2) is 0 Å². The molecule has 31 heavy (non-hydrogen) atoms. The number of hydrogen-bond acceptors (Lipinski definition) is 3. The fourth-order valence-corrected chi connectivity index (χ4v) is 3.07. The van der Waals surface area contributed by atoms with Crippen LogP contribution in [0.2, 0.25) is 0 Å². The minimum Gasteiger partial charge on any atom is -0.457 e. The molecule has 0 aliphatic heterocycles. The predicted molar refractivity (Wildman–Crippen MR) is 126 cm³/mol. The van der Waals surface area contributed by atoms with E-state index >= 15 is 0 Å². The van der Waals surface area contributed by atoms with Crippen molar-refractivity contribution in [2.75, 3.05) is 0 Å². The van der Waals surface area contributed by atoms with Gasteiger partial charge in [-0.15, -0.1) is 0 Å². The van der Waals surface area contributed by atoms with Crippen molar-refractivity contribution in [1.82, 2.24) is 10.6 Å². The van der Waals surface area contributed by atoms with Crippen LogP contribution in [0.15, 0.2) is 75.3 Å². The largest absolute Gasteiger partial charge is 0.457 e. The van der Waals surface area contributed by atoms with Gasteiger partial charge in [0.05, 0.1) is 0 Å². The summed E-state index contributed by atoms with van der Waals surface area (Å²) in [7, 11) is 0. The van der Waals surface area contributed by atoms with E-state index in [1.807, 2.05) is 70.2 Å². The van der Waals surface area contributed by atoms with E-state index in [0.717, 1.165) is 15.6 Å². The number of hydrogen-bond donors (Lipinski definition) is 2. The van der Waals surface area contributed by atoms with E-state index in [0.29, 0.717) is 17.1 Å². The Bertz CT molecular complexity index is 1100. The number of carbonyl (C=O) groups is 2. The van der Waals surface area contributed by atoms with Crippen molar-refractivity contribution in [3.8, 4) is 11.3 Å². The maximum atomic E-state index is 12.9. The van der Waals surface area contributed by atoms with Crippen LogP contribution in [0.5, 0.6) is 0 Å². The standard InChI is InChI=1S/C25H25BrN2O3/c1-16-5-7-18(8-6-16)23(29)27-21(24(30)28-25(2,3)4)15-20-13-14-22(31-20)17-9-11-19(26)12-10-17/h5-15H,1-4H3,(H,27,29)(H,28,30)/b21-15+. The third-order valence-corrected chi connectivity index (χ3v) is 4.87. The molecule has 0 saturated carbocycles. The highest BCUT2D eigenvalue weighted by atomic mass is 79.9. The molecule has 2 aromatic carbocycles. The highest BCUT2D eigenvalue weighted by Gasteiger charge is 2.20. The molecule has 6 heteroatoms. The number of halogens is 1. The Balaban J connectivity index is 1.89. The summed E-state index contributed by atoms with van der Waals surface area (Å²) in [5, 5.41) is 5.61. The quantitative estimate of drug-likeness (QED) is 0.459. The van der Waals surface area contributed by atoms with E-state index in [2.05, 4.69) is 26.6 Å². The predicted octanol–water partition coefficient (Wildman–Crippen LogP) is 5.70. The normalized spacial score (nSPS) is 11.8. The van der Waals surface area contributed by atoms with Gasteiger partial charge in [-0.25, -0.2) is 0 Å². The number of carbonyl (C=O) groups excluding carboxylic acids is 2. The van der Waals surface area contributed by atoms with E-state index in [-0.39, 0.29) is 11.6 Å². The van der Waals surface area contributed by atoms with E-state index in [1.54, 1.807) is 18.2 Å². The molecule has 5 nitrogen and oxygen atoms in total. The minimum atomic E-state index is -0.462. The van der Waals surface area contributed by atoms with Crippen LogP contribution >= 0.6 is 15.9 Å². The molecule has 1 aromatic heterocycles. The Labute approximate surface area is 190 Å². The Morgan fingerprint density at radius 3 is 2.19 bits per heavy atom. The van der Waals surface area contributed by atoms with Crippen LogP contribution in [-0.2, 0) is 4.79 Å². The third-order valence-electron chi connectivity index (χ3n) is 4.34. The first-order valence-electron chi connectivity index (χ1n) is 9.89. The highest BCUT2D eigenvalue weighted by Crippen LogP contribution is 2.25. The van der Waals surface area contributed by atoms with Gasteiger partial charge in [-0.2, -0.15) is 0 Å². The zero-order valence-electron chi connectivity index (χ0n) is 18.0. The molecular formula is C25H25BrN2O3. The summed E-state index contributed by atoms with van der Waals surface area (Å²) in [6, 6.07) is 18.5. The van der Waals surface area contributed by atoms with Crippen molar-refractivity contribution in [3.05, 3.63) is 87.7 Å².